The first-order valence-corrected chi connectivity index (χ1v) is 6.81. The lowest BCUT2D eigenvalue weighted by Crippen LogP contribution is -2.12. The van der Waals surface area contributed by atoms with Crippen molar-refractivity contribution in [2.75, 3.05) is 4.31 Å². The van der Waals surface area contributed by atoms with Crippen molar-refractivity contribution in [1.29, 1.82) is 0 Å². The van der Waals surface area contributed by atoms with Gasteiger partial charge in [0.05, 0.1) is 6.54 Å². The van der Waals surface area contributed by atoms with E-state index in [9.17, 15) is 4.79 Å². The van der Waals surface area contributed by atoms with E-state index in [2.05, 4.69) is 23.0 Å². The van der Waals surface area contributed by atoms with Crippen molar-refractivity contribution >= 4 is 23.9 Å². The van der Waals surface area contributed by atoms with Crippen LogP contribution in [0.1, 0.15) is 15.9 Å². The Balaban J connectivity index is 2.16. The maximum absolute atomic E-state index is 10.6. The van der Waals surface area contributed by atoms with Crippen LogP contribution in [0.15, 0.2) is 66.6 Å². The van der Waals surface area contributed by atoms with E-state index >= 15 is 0 Å². The predicted molar refractivity (Wildman–Crippen MR) is 82.2 cm³/mol. The number of nitrogens with zero attached hydrogens (tertiary/aromatic N) is 1. The first-order valence-electron chi connectivity index (χ1n) is 5.98. The second-order valence-electron chi connectivity index (χ2n) is 4.00. The molecular formula is C16H15NOS. The average molecular weight is 269 g/mol. The van der Waals surface area contributed by atoms with Crippen LogP contribution in [0.25, 0.3) is 0 Å². The fourth-order valence-electron chi connectivity index (χ4n) is 1.74. The van der Waals surface area contributed by atoms with Gasteiger partial charge in [-0.2, -0.15) is 0 Å². The third-order valence-electron chi connectivity index (χ3n) is 2.69. The summed E-state index contributed by atoms with van der Waals surface area (Å²) in [6.07, 6.45) is 0.858. The molecule has 0 saturated heterocycles. The highest BCUT2D eigenvalue weighted by molar-refractivity contribution is 8.03. The Labute approximate surface area is 117 Å². The lowest BCUT2D eigenvalue weighted by atomic mass is 10.1. The van der Waals surface area contributed by atoms with Crippen LogP contribution < -0.4 is 4.31 Å². The molecule has 2 aromatic rings. The van der Waals surface area contributed by atoms with Crippen molar-refractivity contribution in [3.05, 3.63) is 77.7 Å². The van der Waals surface area contributed by atoms with Crippen LogP contribution in [0, 0.1) is 0 Å². The van der Waals surface area contributed by atoms with Gasteiger partial charge in [0.1, 0.15) is 6.29 Å². The lowest BCUT2D eigenvalue weighted by Gasteiger charge is -2.21. The van der Waals surface area contributed by atoms with Crippen LogP contribution in [-0.2, 0) is 6.54 Å². The van der Waals surface area contributed by atoms with Gasteiger partial charge in [0.2, 0.25) is 0 Å². The highest BCUT2D eigenvalue weighted by Gasteiger charge is 2.06. The van der Waals surface area contributed by atoms with Crippen LogP contribution in [0.2, 0.25) is 0 Å². The van der Waals surface area contributed by atoms with Gasteiger partial charge in [-0.3, -0.25) is 4.79 Å². The van der Waals surface area contributed by atoms with E-state index in [1.165, 1.54) is 0 Å². The van der Waals surface area contributed by atoms with Crippen LogP contribution >= 0.6 is 11.9 Å². The van der Waals surface area contributed by atoms with Crippen molar-refractivity contribution < 1.29 is 4.79 Å². The Hall–Kier alpha value is -2.00. The maximum Gasteiger partial charge on any atom is 0.150 e. The first kappa shape index (κ1) is 13.4. The summed E-state index contributed by atoms with van der Waals surface area (Å²) in [5.74, 6) is 0. The molecule has 19 heavy (non-hydrogen) atoms. The zero-order chi connectivity index (χ0) is 13.5. The van der Waals surface area contributed by atoms with Gasteiger partial charge in [-0.25, -0.2) is 0 Å². The van der Waals surface area contributed by atoms with Crippen LogP contribution in [0.4, 0.5) is 5.69 Å². The number of carbonyl (C=O) groups is 1. The number of benzene rings is 2. The number of aldehydes is 1. The number of hydrogen-bond donors (Lipinski definition) is 0. The quantitative estimate of drug-likeness (QED) is 0.576. The number of carbonyl (C=O) groups excluding carboxylic acids is 1. The van der Waals surface area contributed by atoms with Crippen LogP contribution in [0.5, 0.6) is 0 Å². The van der Waals surface area contributed by atoms with Gasteiger partial charge in [-0.05, 0) is 35.1 Å². The second kappa shape index (κ2) is 6.81. The molecule has 0 atom stereocenters. The summed E-state index contributed by atoms with van der Waals surface area (Å²) >= 11 is 1.56. The first-order chi connectivity index (χ1) is 9.33. The lowest BCUT2D eigenvalue weighted by molar-refractivity contribution is 0.112. The summed E-state index contributed by atoms with van der Waals surface area (Å²) in [6, 6.07) is 17.8. The number of hydrogen-bond acceptors (Lipinski definition) is 3. The molecular weight excluding hydrogens is 254 g/mol. The minimum absolute atomic E-state index is 0.700. The molecule has 0 spiro atoms. The van der Waals surface area contributed by atoms with Gasteiger partial charge in [-0.1, -0.05) is 49.0 Å². The number of para-hydroxylation sites is 1. The Bertz CT molecular complexity index is 536. The van der Waals surface area contributed by atoms with E-state index in [4.69, 9.17) is 0 Å². The monoisotopic (exact) mass is 269 g/mol. The SMILES string of the molecule is C=CSN(Cc1ccc(C=O)cc1)c1ccccc1. The molecule has 0 saturated carbocycles. The van der Waals surface area contributed by atoms with Gasteiger partial charge < -0.3 is 4.31 Å². The van der Waals surface area contributed by atoms with Gasteiger partial charge in [0.15, 0.2) is 0 Å². The van der Waals surface area contributed by atoms with Crippen molar-refractivity contribution in [1.82, 2.24) is 0 Å². The van der Waals surface area contributed by atoms with E-state index < -0.39 is 0 Å². The van der Waals surface area contributed by atoms with E-state index in [-0.39, 0.29) is 0 Å². The van der Waals surface area contributed by atoms with E-state index in [0.717, 1.165) is 24.1 Å². The molecule has 0 aliphatic rings. The topological polar surface area (TPSA) is 20.3 Å². The van der Waals surface area contributed by atoms with Crippen LogP contribution in [0.3, 0.4) is 0 Å². The zero-order valence-electron chi connectivity index (χ0n) is 10.5. The molecule has 0 aliphatic heterocycles. The molecule has 2 aromatic carbocycles. The fourth-order valence-corrected chi connectivity index (χ4v) is 2.39. The standard InChI is InChI=1S/C16H15NOS/c1-2-19-17(16-6-4-3-5-7-16)12-14-8-10-15(13-18)11-9-14/h2-11,13H,1,12H2. The minimum Gasteiger partial charge on any atom is -0.308 e. The minimum atomic E-state index is 0.700. The average Bonchev–Trinajstić information content (AvgIpc) is 2.48. The molecule has 0 bridgehead atoms. The van der Waals surface area contributed by atoms with Gasteiger partial charge in [0, 0.05) is 11.3 Å². The molecule has 2 nitrogen and oxygen atoms in total. The predicted octanol–water partition coefficient (Wildman–Crippen LogP) is 4.30. The van der Waals surface area contributed by atoms with E-state index in [1.54, 1.807) is 11.9 Å². The molecule has 0 amide bonds. The Kier molecular flexibility index (Phi) is 4.81. The van der Waals surface area contributed by atoms with Gasteiger partial charge in [0.25, 0.3) is 0 Å². The van der Waals surface area contributed by atoms with E-state index in [0.29, 0.717) is 5.56 Å². The molecule has 0 radical (unpaired) electrons. The summed E-state index contributed by atoms with van der Waals surface area (Å²) in [4.78, 5) is 10.6. The van der Waals surface area contributed by atoms with Crippen molar-refractivity contribution in [3.8, 4) is 0 Å². The molecule has 0 heterocycles. The highest BCUT2D eigenvalue weighted by Crippen LogP contribution is 2.25. The molecule has 2 rings (SSSR count). The number of anilines is 1. The maximum atomic E-state index is 10.6. The smallest absolute Gasteiger partial charge is 0.150 e. The van der Waals surface area contributed by atoms with Crippen molar-refractivity contribution in [3.63, 3.8) is 0 Å². The molecule has 0 aromatic heterocycles. The van der Waals surface area contributed by atoms with Gasteiger partial charge in [-0.15, -0.1) is 0 Å². The van der Waals surface area contributed by atoms with Crippen LogP contribution in [-0.4, -0.2) is 6.29 Å². The summed E-state index contributed by atoms with van der Waals surface area (Å²) in [5, 5.41) is 1.81. The van der Waals surface area contributed by atoms with Crippen molar-refractivity contribution in [2.24, 2.45) is 0 Å². The summed E-state index contributed by atoms with van der Waals surface area (Å²) < 4.78 is 2.16. The molecule has 96 valence electrons. The number of rotatable bonds is 6. The fraction of sp³-hybridized carbons (Fsp3) is 0.0625. The molecule has 0 N–H and O–H groups in total. The second-order valence-corrected chi connectivity index (χ2v) is 4.99. The third-order valence-corrected chi connectivity index (χ3v) is 3.43. The molecule has 0 unspecified atom stereocenters. The summed E-state index contributed by atoms with van der Waals surface area (Å²) in [6.45, 7) is 4.53. The molecule has 0 aliphatic carbocycles. The Morgan fingerprint density at radius 2 is 1.74 bits per heavy atom. The normalized spacial score (nSPS) is 9.89. The van der Waals surface area contributed by atoms with Crippen molar-refractivity contribution in [2.45, 2.75) is 6.54 Å². The summed E-state index contributed by atoms with van der Waals surface area (Å²) in [7, 11) is 0. The van der Waals surface area contributed by atoms with Gasteiger partial charge >= 0.3 is 0 Å². The molecule has 0 fully saturated rings. The Morgan fingerprint density at radius 3 is 2.32 bits per heavy atom. The Morgan fingerprint density at radius 1 is 1.05 bits per heavy atom. The largest absolute Gasteiger partial charge is 0.308 e. The molecule has 3 heteroatoms. The zero-order valence-corrected chi connectivity index (χ0v) is 11.3. The highest BCUT2D eigenvalue weighted by atomic mass is 32.2. The summed E-state index contributed by atoms with van der Waals surface area (Å²) in [5.41, 5.74) is 2.99. The third kappa shape index (κ3) is 3.73. The van der Waals surface area contributed by atoms with E-state index in [1.807, 2.05) is 47.9 Å².